The van der Waals surface area contributed by atoms with Crippen LogP contribution in [0.15, 0.2) is 42.5 Å². The third-order valence-corrected chi connectivity index (χ3v) is 3.75. The van der Waals surface area contributed by atoms with Gasteiger partial charge in [-0.2, -0.15) is 0 Å². The average Bonchev–Trinajstić information content (AvgIpc) is 2.54. The molecular formula is C17H12Cl2O3. The second-order valence-corrected chi connectivity index (χ2v) is 5.57. The maximum atomic E-state index is 12.2. The molecule has 0 saturated carbocycles. The maximum absolute atomic E-state index is 12.2. The van der Waals surface area contributed by atoms with E-state index in [1.807, 2.05) is 18.2 Å². The van der Waals surface area contributed by atoms with E-state index in [9.17, 15) is 4.79 Å². The summed E-state index contributed by atoms with van der Waals surface area (Å²) in [5.41, 5.74) is 1.22. The number of allylic oxidation sites excluding steroid dienone is 1. The summed E-state index contributed by atoms with van der Waals surface area (Å²) in [5, 5.41) is 0.849. The zero-order valence-electron chi connectivity index (χ0n) is 11.5. The number of carbonyl (C=O) groups is 1. The molecule has 2 aromatic carbocycles. The lowest BCUT2D eigenvalue weighted by Crippen LogP contribution is -2.15. The van der Waals surface area contributed by atoms with E-state index < -0.39 is 0 Å². The number of rotatable bonds is 3. The summed E-state index contributed by atoms with van der Waals surface area (Å²) in [6.07, 6.45) is 3.17. The third-order valence-electron chi connectivity index (χ3n) is 3.19. The fourth-order valence-corrected chi connectivity index (χ4v) is 2.49. The van der Waals surface area contributed by atoms with Crippen molar-refractivity contribution >= 4 is 35.1 Å². The lowest BCUT2D eigenvalue weighted by Gasteiger charge is -2.18. The van der Waals surface area contributed by atoms with Crippen LogP contribution in [0.2, 0.25) is 10.0 Å². The molecule has 3 rings (SSSR count). The smallest absolute Gasteiger partial charge is 0.187 e. The van der Waals surface area contributed by atoms with E-state index in [4.69, 9.17) is 32.7 Å². The molecule has 22 heavy (non-hydrogen) atoms. The van der Waals surface area contributed by atoms with Crippen LogP contribution >= 0.6 is 23.2 Å². The number of hydrogen-bond acceptors (Lipinski definition) is 3. The number of ketones is 1. The highest BCUT2D eigenvalue weighted by Gasteiger charge is 2.11. The van der Waals surface area contributed by atoms with Crippen LogP contribution in [0, 0.1) is 0 Å². The van der Waals surface area contributed by atoms with Crippen LogP contribution in [0.4, 0.5) is 0 Å². The molecule has 3 nitrogen and oxygen atoms in total. The molecule has 0 spiro atoms. The lowest BCUT2D eigenvalue weighted by atomic mass is 10.1. The SMILES string of the molecule is O=C(/C=C/c1ccc2c(c1)OCCO2)c1cc(Cl)ccc1Cl. The summed E-state index contributed by atoms with van der Waals surface area (Å²) < 4.78 is 11.0. The van der Waals surface area contributed by atoms with Crippen molar-refractivity contribution in [3.63, 3.8) is 0 Å². The number of halogens is 2. The Morgan fingerprint density at radius 2 is 1.77 bits per heavy atom. The first-order valence-corrected chi connectivity index (χ1v) is 7.46. The van der Waals surface area contributed by atoms with Gasteiger partial charge >= 0.3 is 0 Å². The zero-order chi connectivity index (χ0) is 15.5. The highest BCUT2D eigenvalue weighted by atomic mass is 35.5. The van der Waals surface area contributed by atoms with Crippen molar-refractivity contribution in [3.8, 4) is 11.5 Å². The van der Waals surface area contributed by atoms with E-state index in [1.165, 1.54) is 6.08 Å². The number of benzene rings is 2. The summed E-state index contributed by atoms with van der Waals surface area (Å²) in [6, 6.07) is 10.3. The topological polar surface area (TPSA) is 35.5 Å². The molecule has 1 heterocycles. The molecule has 0 bridgehead atoms. The molecule has 0 radical (unpaired) electrons. The molecule has 0 N–H and O–H groups in total. The van der Waals surface area contributed by atoms with E-state index in [1.54, 1.807) is 24.3 Å². The van der Waals surface area contributed by atoms with Gasteiger partial charge in [0.05, 0.1) is 5.02 Å². The van der Waals surface area contributed by atoms with Gasteiger partial charge in [-0.1, -0.05) is 35.3 Å². The van der Waals surface area contributed by atoms with Crippen LogP contribution in [-0.2, 0) is 0 Å². The van der Waals surface area contributed by atoms with Crippen molar-refractivity contribution in [2.75, 3.05) is 13.2 Å². The second-order valence-electron chi connectivity index (χ2n) is 4.72. The van der Waals surface area contributed by atoms with Gasteiger partial charge in [-0.05, 0) is 42.0 Å². The van der Waals surface area contributed by atoms with E-state index in [-0.39, 0.29) is 5.78 Å². The molecular weight excluding hydrogens is 323 g/mol. The van der Waals surface area contributed by atoms with Crippen LogP contribution in [0.3, 0.4) is 0 Å². The van der Waals surface area contributed by atoms with Gasteiger partial charge in [0.25, 0.3) is 0 Å². The molecule has 112 valence electrons. The van der Waals surface area contributed by atoms with E-state index in [0.29, 0.717) is 40.3 Å². The highest BCUT2D eigenvalue weighted by Crippen LogP contribution is 2.31. The predicted octanol–water partition coefficient (Wildman–Crippen LogP) is 4.66. The summed E-state index contributed by atoms with van der Waals surface area (Å²) in [4.78, 5) is 12.2. The molecule has 0 aliphatic carbocycles. The Labute approximate surface area is 138 Å². The van der Waals surface area contributed by atoms with Crippen molar-refractivity contribution in [1.82, 2.24) is 0 Å². The van der Waals surface area contributed by atoms with Crippen LogP contribution in [0.1, 0.15) is 15.9 Å². The Morgan fingerprint density at radius 1 is 1.00 bits per heavy atom. The molecule has 0 fully saturated rings. The van der Waals surface area contributed by atoms with Crippen molar-refractivity contribution in [2.24, 2.45) is 0 Å². The summed E-state index contributed by atoms with van der Waals surface area (Å²) in [6.45, 7) is 1.07. The van der Waals surface area contributed by atoms with E-state index in [2.05, 4.69) is 0 Å². The second kappa shape index (κ2) is 6.42. The Balaban J connectivity index is 1.81. The minimum Gasteiger partial charge on any atom is -0.486 e. The van der Waals surface area contributed by atoms with Crippen LogP contribution in [0.25, 0.3) is 6.08 Å². The molecule has 2 aromatic rings. The number of carbonyl (C=O) groups excluding carboxylic acids is 1. The van der Waals surface area contributed by atoms with Gasteiger partial charge in [-0.15, -0.1) is 0 Å². The van der Waals surface area contributed by atoms with E-state index in [0.717, 1.165) is 5.56 Å². The fourth-order valence-electron chi connectivity index (χ4n) is 2.11. The van der Waals surface area contributed by atoms with Crippen LogP contribution in [0.5, 0.6) is 11.5 Å². The maximum Gasteiger partial charge on any atom is 0.187 e. The minimum atomic E-state index is -0.206. The number of fused-ring (bicyclic) bond motifs is 1. The molecule has 5 heteroatoms. The fraction of sp³-hybridized carbons (Fsp3) is 0.118. The van der Waals surface area contributed by atoms with Gasteiger partial charge < -0.3 is 9.47 Å². The Kier molecular flexibility index (Phi) is 4.36. The molecule has 0 aromatic heterocycles. The normalized spacial score (nSPS) is 13.4. The highest BCUT2D eigenvalue weighted by molar-refractivity contribution is 6.36. The largest absolute Gasteiger partial charge is 0.486 e. The third kappa shape index (κ3) is 3.26. The molecule has 1 aliphatic heterocycles. The Morgan fingerprint density at radius 3 is 2.59 bits per heavy atom. The first-order chi connectivity index (χ1) is 10.6. The summed E-state index contributed by atoms with van der Waals surface area (Å²) in [7, 11) is 0. The van der Waals surface area contributed by atoms with Crippen molar-refractivity contribution in [3.05, 3.63) is 63.6 Å². The van der Waals surface area contributed by atoms with Crippen molar-refractivity contribution in [2.45, 2.75) is 0 Å². The summed E-state index contributed by atoms with van der Waals surface area (Å²) in [5.74, 6) is 1.19. The molecule has 0 atom stereocenters. The zero-order valence-corrected chi connectivity index (χ0v) is 13.0. The van der Waals surface area contributed by atoms with Crippen molar-refractivity contribution in [1.29, 1.82) is 0 Å². The molecule has 0 unspecified atom stereocenters. The van der Waals surface area contributed by atoms with Gasteiger partial charge in [-0.3, -0.25) is 4.79 Å². The van der Waals surface area contributed by atoms with Crippen molar-refractivity contribution < 1.29 is 14.3 Å². The number of ether oxygens (including phenoxy) is 2. The minimum absolute atomic E-state index is 0.206. The number of hydrogen-bond donors (Lipinski definition) is 0. The molecule has 1 aliphatic rings. The molecule has 0 amide bonds. The predicted molar refractivity (Wildman–Crippen MR) is 87.3 cm³/mol. The lowest BCUT2D eigenvalue weighted by molar-refractivity contribution is 0.104. The Bertz CT molecular complexity index is 754. The average molecular weight is 335 g/mol. The monoisotopic (exact) mass is 334 g/mol. The molecule has 0 saturated heterocycles. The summed E-state index contributed by atoms with van der Waals surface area (Å²) >= 11 is 11.9. The van der Waals surface area contributed by atoms with Crippen LogP contribution in [-0.4, -0.2) is 19.0 Å². The quantitative estimate of drug-likeness (QED) is 0.604. The standard InChI is InChI=1S/C17H12Cl2O3/c18-12-3-4-14(19)13(10-12)15(20)5-1-11-2-6-16-17(9-11)22-8-7-21-16/h1-6,9-10H,7-8H2/b5-1+. The van der Waals surface area contributed by atoms with Gasteiger partial charge in [0.1, 0.15) is 13.2 Å². The van der Waals surface area contributed by atoms with Gasteiger partial charge in [0.2, 0.25) is 0 Å². The first-order valence-electron chi connectivity index (χ1n) is 6.70. The van der Waals surface area contributed by atoms with Gasteiger partial charge in [-0.25, -0.2) is 0 Å². The van der Waals surface area contributed by atoms with E-state index >= 15 is 0 Å². The Hall–Kier alpha value is -1.97. The van der Waals surface area contributed by atoms with Gasteiger partial charge in [0, 0.05) is 10.6 Å². The van der Waals surface area contributed by atoms with Gasteiger partial charge in [0.15, 0.2) is 17.3 Å². The first kappa shape index (κ1) is 14.9. The van der Waals surface area contributed by atoms with Crippen LogP contribution < -0.4 is 9.47 Å².